The largest absolute Gasteiger partial charge is 0.260 e. The Kier molecular flexibility index (Phi) is 11.7. The Morgan fingerprint density at radius 2 is 1.32 bits per heavy atom. The summed E-state index contributed by atoms with van der Waals surface area (Å²) in [7, 11) is 0. The Bertz CT molecular complexity index is 607. The fourth-order valence-electron chi connectivity index (χ4n) is 2.10. The fourth-order valence-corrected chi connectivity index (χ4v) is 3.84. The van der Waals surface area contributed by atoms with Gasteiger partial charge in [-0.3, -0.25) is 4.98 Å². The van der Waals surface area contributed by atoms with Gasteiger partial charge in [-0.25, -0.2) is 4.98 Å². The van der Waals surface area contributed by atoms with E-state index in [4.69, 9.17) is 0 Å². The van der Waals surface area contributed by atoms with Gasteiger partial charge in [0.1, 0.15) is 4.60 Å². The topological polar surface area (TPSA) is 25.8 Å². The van der Waals surface area contributed by atoms with Crippen LogP contribution in [-0.2, 0) is 0 Å². The molecule has 2 aromatic heterocycles. The number of rotatable bonds is 1. The first-order chi connectivity index (χ1) is 11.6. The van der Waals surface area contributed by atoms with Gasteiger partial charge < -0.3 is 0 Å². The average molecular weight is 600 g/mol. The molecule has 0 amide bonds. The molecular weight excluding hydrogens is 576 g/mol. The molecule has 25 heavy (non-hydrogen) atoms. The Balaban J connectivity index is 0.000000197. The minimum Gasteiger partial charge on any atom is -0.260 e. The van der Waals surface area contributed by atoms with Crippen LogP contribution in [0.4, 0.5) is 0 Å². The molecule has 0 spiro atoms. The molecule has 2 fully saturated rings. The van der Waals surface area contributed by atoms with E-state index in [0.717, 1.165) is 19.8 Å². The van der Waals surface area contributed by atoms with Crippen molar-refractivity contribution in [1.82, 2.24) is 9.97 Å². The molecule has 0 aliphatic heterocycles. The summed E-state index contributed by atoms with van der Waals surface area (Å²) in [6, 6.07) is 7.83. The third kappa shape index (κ3) is 8.19. The Hall–Kier alpha value is 0.220. The maximum Gasteiger partial charge on any atom is 0.120 e. The molecule has 0 radical (unpaired) electrons. The van der Waals surface area contributed by atoms with Crippen LogP contribution in [0.5, 0.6) is 0 Å². The van der Waals surface area contributed by atoms with Crippen LogP contribution in [0.2, 0.25) is 0 Å². The second-order valence-corrected chi connectivity index (χ2v) is 9.56. The average Bonchev–Trinajstić information content (AvgIpc) is 2.50. The zero-order valence-electron chi connectivity index (χ0n) is 13.3. The van der Waals surface area contributed by atoms with E-state index in [1.54, 1.807) is 6.20 Å². The van der Waals surface area contributed by atoms with Gasteiger partial charge in [0.05, 0.1) is 10.2 Å². The van der Waals surface area contributed by atoms with Crippen molar-refractivity contribution in [1.29, 1.82) is 0 Å². The second-order valence-electron chi connectivity index (χ2n) is 5.80. The third-order valence-corrected chi connectivity index (χ3v) is 7.42. The summed E-state index contributed by atoms with van der Waals surface area (Å²) in [5.41, 5.74) is 1.25. The molecule has 2 heterocycles. The van der Waals surface area contributed by atoms with Gasteiger partial charge in [0, 0.05) is 27.6 Å². The first-order valence-corrected chi connectivity index (χ1v) is 11.4. The summed E-state index contributed by atoms with van der Waals surface area (Å²) in [4.78, 5) is 9.18. The predicted octanol–water partition coefficient (Wildman–Crippen LogP) is 8.29. The van der Waals surface area contributed by atoms with Gasteiger partial charge in [-0.05, 0) is 97.7 Å². The van der Waals surface area contributed by atoms with E-state index < -0.39 is 0 Å². The van der Waals surface area contributed by atoms with Crippen molar-refractivity contribution in [2.75, 3.05) is 0 Å². The summed E-state index contributed by atoms with van der Waals surface area (Å²) in [5, 5.41) is 0. The Morgan fingerprint density at radius 1 is 0.800 bits per heavy atom. The van der Waals surface area contributed by atoms with Crippen LogP contribution in [0.1, 0.15) is 57.6 Å². The monoisotopic (exact) mass is 596 g/mol. The summed E-state index contributed by atoms with van der Waals surface area (Å²) in [5.74, 6) is 0.727. The number of hydrogen-bond donors (Lipinski definition) is 0. The highest BCUT2D eigenvalue weighted by molar-refractivity contribution is 9.13. The van der Waals surface area contributed by atoms with Crippen LogP contribution in [0.15, 0.2) is 50.2 Å². The van der Waals surface area contributed by atoms with Crippen molar-refractivity contribution in [2.45, 2.75) is 56.7 Å². The molecule has 2 saturated carbocycles. The van der Waals surface area contributed by atoms with E-state index in [1.165, 1.54) is 48.7 Å². The molecule has 0 atom stereocenters. The molecule has 6 heteroatoms. The van der Waals surface area contributed by atoms with Gasteiger partial charge in [0.15, 0.2) is 0 Å². The number of pyridine rings is 2. The molecule has 2 nitrogen and oxygen atoms in total. The van der Waals surface area contributed by atoms with Gasteiger partial charge >= 0.3 is 0 Å². The molecule has 2 aliphatic rings. The Labute approximate surface area is 185 Å². The molecule has 0 N–H and O–H groups in total. The standard InChI is InChI=1S/C9H10BrN.C5H3Br2N.C4H7Br.CH4/c10-8-5-2-6-11-9(8)7-3-1-4-7;6-4-2-1-3-8-5(4)7;5-4-2-1-3-4;/h2,5-7H,1,3-4H2;1-3H;4H,1-3H2;1H4. The highest BCUT2D eigenvalue weighted by Crippen LogP contribution is 2.38. The van der Waals surface area contributed by atoms with Crippen molar-refractivity contribution in [2.24, 2.45) is 0 Å². The van der Waals surface area contributed by atoms with Gasteiger partial charge in [-0.15, -0.1) is 0 Å². The van der Waals surface area contributed by atoms with Crippen LogP contribution in [-0.4, -0.2) is 14.8 Å². The van der Waals surface area contributed by atoms with Crippen LogP contribution in [0.3, 0.4) is 0 Å². The van der Waals surface area contributed by atoms with Crippen molar-refractivity contribution in [3.05, 3.63) is 55.9 Å². The normalized spacial score (nSPS) is 16.0. The molecule has 0 bridgehead atoms. The van der Waals surface area contributed by atoms with E-state index >= 15 is 0 Å². The molecule has 0 saturated heterocycles. The van der Waals surface area contributed by atoms with E-state index in [2.05, 4.69) is 79.8 Å². The first kappa shape index (κ1) is 23.3. The van der Waals surface area contributed by atoms with Gasteiger partial charge in [-0.1, -0.05) is 36.2 Å². The number of nitrogens with zero attached hydrogens (tertiary/aromatic N) is 2. The highest BCUT2D eigenvalue weighted by atomic mass is 79.9. The summed E-state index contributed by atoms with van der Waals surface area (Å²) < 4.78 is 3.00. The van der Waals surface area contributed by atoms with Crippen molar-refractivity contribution < 1.29 is 0 Å². The zero-order chi connectivity index (χ0) is 17.4. The molecule has 0 aromatic carbocycles. The first-order valence-electron chi connectivity index (χ1n) is 8.08. The van der Waals surface area contributed by atoms with E-state index in [9.17, 15) is 0 Å². The number of halogens is 4. The lowest BCUT2D eigenvalue weighted by Crippen LogP contribution is -2.10. The number of aromatic nitrogens is 2. The molecule has 2 aromatic rings. The lowest BCUT2D eigenvalue weighted by atomic mass is 9.83. The quantitative estimate of drug-likeness (QED) is 0.243. The lowest BCUT2D eigenvalue weighted by Gasteiger charge is -2.25. The zero-order valence-corrected chi connectivity index (χ0v) is 19.6. The number of hydrogen-bond acceptors (Lipinski definition) is 2. The van der Waals surface area contributed by atoms with Crippen LogP contribution < -0.4 is 0 Å². The second kappa shape index (κ2) is 12.6. The van der Waals surface area contributed by atoms with Gasteiger partial charge in [-0.2, -0.15) is 0 Å². The number of alkyl halides is 1. The van der Waals surface area contributed by atoms with E-state index in [-0.39, 0.29) is 7.43 Å². The molecule has 138 valence electrons. The molecular formula is C19H24Br4N2. The minimum absolute atomic E-state index is 0. The smallest absolute Gasteiger partial charge is 0.120 e. The predicted molar refractivity (Wildman–Crippen MR) is 121 cm³/mol. The minimum atomic E-state index is 0. The third-order valence-electron chi connectivity index (χ3n) is 4.03. The highest BCUT2D eigenvalue weighted by Gasteiger charge is 2.22. The van der Waals surface area contributed by atoms with Crippen LogP contribution >= 0.6 is 63.7 Å². The SMILES string of the molecule is BrC1CCC1.Brc1cccnc1Br.Brc1cccnc1C1CCC1.C. The fraction of sp³-hybridized carbons (Fsp3) is 0.474. The summed E-state index contributed by atoms with van der Waals surface area (Å²) in [6.07, 6.45) is 11.8. The molecule has 4 rings (SSSR count). The van der Waals surface area contributed by atoms with Crippen molar-refractivity contribution in [3.63, 3.8) is 0 Å². The Morgan fingerprint density at radius 3 is 1.64 bits per heavy atom. The lowest BCUT2D eigenvalue weighted by molar-refractivity contribution is 0.409. The van der Waals surface area contributed by atoms with Crippen molar-refractivity contribution >= 4 is 63.7 Å². The van der Waals surface area contributed by atoms with Crippen LogP contribution in [0.25, 0.3) is 0 Å². The van der Waals surface area contributed by atoms with E-state index in [0.29, 0.717) is 0 Å². The molecule has 0 unspecified atom stereocenters. The van der Waals surface area contributed by atoms with Crippen molar-refractivity contribution in [3.8, 4) is 0 Å². The summed E-state index contributed by atoms with van der Waals surface area (Å²) in [6.45, 7) is 0. The van der Waals surface area contributed by atoms with Gasteiger partial charge in [0.25, 0.3) is 0 Å². The van der Waals surface area contributed by atoms with Crippen LogP contribution in [0, 0.1) is 0 Å². The summed E-state index contributed by atoms with van der Waals surface area (Å²) >= 11 is 13.5. The maximum absolute atomic E-state index is 4.35. The van der Waals surface area contributed by atoms with E-state index in [1.807, 2.05) is 24.4 Å². The van der Waals surface area contributed by atoms with Gasteiger partial charge in [0.2, 0.25) is 0 Å². The maximum atomic E-state index is 4.35. The molecule has 2 aliphatic carbocycles.